The van der Waals surface area contributed by atoms with Crippen LogP contribution in [-0.2, 0) is 9.59 Å². The van der Waals surface area contributed by atoms with Crippen molar-refractivity contribution in [3.05, 3.63) is 59.7 Å². The first-order valence-electron chi connectivity index (χ1n) is 9.72. The van der Waals surface area contributed by atoms with Crippen molar-refractivity contribution in [1.29, 1.82) is 0 Å². The number of fused-ring (bicyclic) bond motifs is 1. The summed E-state index contributed by atoms with van der Waals surface area (Å²) in [6.45, 7) is 3.75. The number of amides is 4. The maximum atomic E-state index is 13.1. The van der Waals surface area contributed by atoms with Gasteiger partial charge in [0.25, 0.3) is 11.8 Å². The standard InChI is InChI=1S/C22H21N3O5/c1-3-24-16-11-15(9-10-17(16)30-12-18(24)26)20(27)13(2)25-21(28)19(23-22(25)29)14-7-5-4-6-8-14/h4-11,13,19H,3,12H2,1-2H3,(H,23,29). The van der Waals surface area contributed by atoms with Crippen molar-refractivity contribution in [2.45, 2.75) is 25.9 Å². The maximum absolute atomic E-state index is 13.1. The molecule has 2 aliphatic heterocycles. The first-order valence-corrected chi connectivity index (χ1v) is 9.72. The van der Waals surface area contributed by atoms with Crippen molar-refractivity contribution < 1.29 is 23.9 Å². The molecule has 154 valence electrons. The normalized spacial score (nSPS) is 19.3. The second kappa shape index (κ2) is 7.62. The number of imide groups is 1. The maximum Gasteiger partial charge on any atom is 0.325 e. The number of ketones is 1. The van der Waals surface area contributed by atoms with Crippen LogP contribution in [0.15, 0.2) is 48.5 Å². The Morgan fingerprint density at radius 2 is 1.90 bits per heavy atom. The molecule has 8 heteroatoms. The third-order valence-electron chi connectivity index (χ3n) is 5.37. The average Bonchev–Trinajstić information content (AvgIpc) is 3.06. The van der Waals surface area contributed by atoms with Crippen molar-refractivity contribution in [2.24, 2.45) is 0 Å². The Labute approximate surface area is 173 Å². The van der Waals surface area contributed by atoms with E-state index in [4.69, 9.17) is 4.74 Å². The highest BCUT2D eigenvalue weighted by molar-refractivity contribution is 6.11. The van der Waals surface area contributed by atoms with E-state index in [2.05, 4.69) is 5.32 Å². The molecular weight excluding hydrogens is 386 g/mol. The summed E-state index contributed by atoms with van der Waals surface area (Å²) in [5, 5.41) is 2.64. The molecule has 2 aromatic rings. The van der Waals surface area contributed by atoms with E-state index in [1.165, 1.54) is 6.92 Å². The molecule has 8 nitrogen and oxygen atoms in total. The van der Waals surface area contributed by atoms with Crippen LogP contribution in [0.3, 0.4) is 0 Å². The second-order valence-electron chi connectivity index (χ2n) is 7.15. The van der Waals surface area contributed by atoms with E-state index in [0.29, 0.717) is 29.1 Å². The number of carbonyl (C=O) groups is 4. The molecule has 0 aliphatic carbocycles. The number of nitrogens with zero attached hydrogens (tertiary/aromatic N) is 2. The number of hydrogen-bond donors (Lipinski definition) is 1. The lowest BCUT2D eigenvalue weighted by Crippen LogP contribution is -2.43. The zero-order valence-corrected chi connectivity index (χ0v) is 16.6. The van der Waals surface area contributed by atoms with Crippen LogP contribution in [0.4, 0.5) is 10.5 Å². The number of urea groups is 1. The number of Topliss-reactive ketones (excluding diaryl/α,β-unsaturated/α-hetero) is 1. The Morgan fingerprint density at radius 3 is 2.60 bits per heavy atom. The fourth-order valence-electron chi connectivity index (χ4n) is 3.79. The van der Waals surface area contributed by atoms with Crippen LogP contribution in [0.25, 0.3) is 0 Å². The molecule has 0 spiro atoms. The molecule has 4 rings (SSSR count). The third-order valence-corrected chi connectivity index (χ3v) is 5.37. The molecule has 0 bridgehead atoms. The quantitative estimate of drug-likeness (QED) is 0.606. The average molecular weight is 407 g/mol. The summed E-state index contributed by atoms with van der Waals surface area (Å²) in [5.41, 5.74) is 1.45. The summed E-state index contributed by atoms with van der Waals surface area (Å²) < 4.78 is 5.43. The largest absolute Gasteiger partial charge is 0.482 e. The Bertz CT molecular complexity index is 1040. The summed E-state index contributed by atoms with van der Waals surface area (Å²) in [6, 6.07) is 11.2. The number of hydrogen-bond acceptors (Lipinski definition) is 5. The topological polar surface area (TPSA) is 96.0 Å². The smallest absolute Gasteiger partial charge is 0.325 e. The molecule has 0 saturated carbocycles. The SMILES string of the molecule is CCN1C(=O)COc2ccc(C(=O)C(C)N3C(=O)NC(c4ccccc4)C3=O)cc21. The highest BCUT2D eigenvalue weighted by Gasteiger charge is 2.43. The highest BCUT2D eigenvalue weighted by atomic mass is 16.5. The van der Waals surface area contributed by atoms with Gasteiger partial charge in [-0.15, -0.1) is 0 Å². The van der Waals surface area contributed by atoms with Gasteiger partial charge in [0.2, 0.25) is 0 Å². The number of likely N-dealkylation sites (N-methyl/N-ethyl adjacent to an activating group) is 1. The van der Waals surface area contributed by atoms with Gasteiger partial charge in [-0.2, -0.15) is 0 Å². The number of rotatable bonds is 5. The number of ether oxygens (including phenoxy) is 1. The van der Waals surface area contributed by atoms with Gasteiger partial charge in [0.15, 0.2) is 12.4 Å². The van der Waals surface area contributed by atoms with Gasteiger partial charge in [-0.05, 0) is 37.6 Å². The van der Waals surface area contributed by atoms with E-state index in [-0.39, 0.29) is 12.5 Å². The van der Waals surface area contributed by atoms with Gasteiger partial charge in [-0.3, -0.25) is 19.3 Å². The molecule has 1 N–H and O–H groups in total. The van der Waals surface area contributed by atoms with Gasteiger partial charge in [0, 0.05) is 12.1 Å². The van der Waals surface area contributed by atoms with Crippen LogP contribution in [0.5, 0.6) is 5.75 Å². The van der Waals surface area contributed by atoms with Crippen LogP contribution in [0, 0.1) is 0 Å². The van der Waals surface area contributed by atoms with Crippen LogP contribution in [-0.4, -0.2) is 47.7 Å². The molecule has 2 heterocycles. The van der Waals surface area contributed by atoms with Gasteiger partial charge in [0.1, 0.15) is 17.8 Å². The Balaban J connectivity index is 1.60. The molecule has 2 atom stereocenters. The molecule has 2 aliphatic rings. The van der Waals surface area contributed by atoms with Crippen molar-refractivity contribution in [3.8, 4) is 5.75 Å². The fourth-order valence-corrected chi connectivity index (χ4v) is 3.79. The lowest BCUT2D eigenvalue weighted by atomic mass is 10.0. The predicted molar refractivity (Wildman–Crippen MR) is 108 cm³/mol. The Hall–Kier alpha value is -3.68. The summed E-state index contributed by atoms with van der Waals surface area (Å²) >= 11 is 0. The van der Waals surface area contributed by atoms with Crippen molar-refractivity contribution >= 4 is 29.3 Å². The molecule has 1 fully saturated rings. The van der Waals surface area contributed by atoms with Gasteiger partial charge in [0.05, 0.1) is 5.69 Å². The number of anilines is 1. The molecule has 1 saturated heterocycles. The van der Waals surface area contributed by atoms with E-state index in [1.54, 1.807) is 47.4 Å². The monoisotopic (exact) mass is 407 g/mol. The van der Waals surface area contributed by atoms with Gasteiger partial charge < -0.3 is 15.0 Å². The van der Waals surface area contributed by atoms with E-state index in [9.17, 15) is 19.2 Å². The minimum absolute atomic E-state index is 0.0478. The molecule has 2 aromatic carbocycles. The molecule has 30 heavy (non-hydrogen) atoms. The minimum Gasteiger partial charge on any atom is -0.482 e. The van der Waals surface area contributed by atoms with Crippen LogP contribution in [0.1, 0.15) is 35.8 Å². The van der Waals surface area contributed by atoms with E-state index < -0.39 is 29.8 Å². The van der Waals surface area contributed by atoms with Crippen molar-refractivity contribution in [3.63, 3.8) is 0 Å². The van der Waals surface area contributed by atoms with Gasteiger partial charge in [-0.1, -0.05) is 30.3 Å². The number of benzene rings is 2. The third kappa shape index (κ3) is 3.20. The van der Waals surface area contributed by atoms with Gasteiger partial charge in [-0.25, -0.2) is 4.79 Å². The highest BCUT2D eigenvalue weighted by Crippen LogP contribution is 2.33. The minimum atomic E-state index is -1.00. The lowest BCUT2D eigenvalue weighted by molar-refractivity contribution is -0.128. The number of carbonyl (C=O) groups excluding carboxylic acids is 4. The summed E-state index contributed by atoms with van der Waals surface area (Å²) in [5.74, 6) is -0.551. The molecule has 4 amide bonds. The van der Waals surface area contributed by atoms with E-state index >= 15 is 0 Å². The molecule has 0 radical (unpaired) electrons. The zero-order chi connectivity index (χ0) is 21.4. The zero-order valence-electron chi connectivity index (χ0n) is 16.6. The van der Waals surface area contributed by atoms with Crippen LogP contribution >= 0.6 is 0 Å². The molecular formula is C22H21N3O5. The first-order chi connectivity index (χ1) is 14.4. The molecule has 0 aromatic heterocycles. The molecule has 2 unspecified atom stereocenters. The summed E-state index contributed by atoms with van der Waals surface area (Å²) in [7, 11) is 0. The van der Waals surface area contributed by atoms with Gasteiger partial charge >= 0.3 is 6.03 Å². The second-order valence-corrected chi connectivity index (χ2v) is 7.15. The first kappa shape index (κ1) is 19.6. The van der Waals surface area contributed by atoms with E-state index in [1.807, 2.05) is 13.0 Å². The Morgan fingerprint density at radius 1 is 1.17 bits per heavy atom. The fraction of sp³-hybridized carbons (Fsp3) is 0.273. The predicted octanol–water partition coefficient (Wildman–Crippen LogP) is 2.30. The van der Waals surface area contributed by atoms with Crippen molar-refractivity contribution in [2.75, 3.05) is 18.1 Å². The van der Waals surface area contributed by atoms with Crippen molar-refractivity contribution in [1.82, 2.24) is 10.2 Å². The van der Waals surface area contributed by atoms with E-state index in [0.717, 1.165) is 4.90 Å². The summed E-state index contributed by atoms with van der Waals surface area (Å²) in [6.07, 6.45) is 0. The lowest BCUT2D eigenvalue weighted by Gasteiger charge is -2.29. The number of nitrogens with one attached hydrogen (secondary N) is 1. The summed E-state index contributed by atoms with van der Waals surface area (Å²) in [4.78, 5) is 53.1. The Kier molecular flexibility index (Phi) is 4.99. The van der Waals surface area contributed by atoms with Crippen LogP contribution in [0.2, 0.25) is 0 Å². The van der Waals surface area contributed by atoms with Crippen LogP contribution < -0.4 is 15.0 Å².